The Morgan fingerprint density at radius 2 is 2.07 bits per heavy atom. The summed E-state index contributed by atoms with van der Waals surface area (Å²) in [4.78, 5) is 0.409. The van der Waals surface area contributed by atoms with Gasteiger partial charge < -0.3 is 10.5 Å². The van der Waals surface area contributed by atoms with Crippen molar-refractivity contribution < 1.29 is 4.74 Å². The molecule has 4 heteroatoms. The summed E-state index contributed by atoms with van der Waals surface area (Å²) >= 11 is 10.7. The molecule has 15 heavy (non-hydrogen) atoms. The van der Waals surface area contributed by atoms with Gasteiger partial charge in [0.25, 0.3) is 0 Å². The normalized spacial score (nSPS) is 12.4. The van der Waals surface area contributed by atoms with Crippen LogP contribution in [-0.2, 0) is 11.3 Å². The maximum atomic E-state index is 5.77. The minimum atomic E-state index is -0.143. The second-order valence-corrected chi connectivity index (χ2v) is 4.14. The van der Waals surface area contributed by atoms with Crippen LogP contribution >= 0.6 is 23.8 Å². The van der Waals surface area contributed by atoms with E-state index in [0.717, 1.165) is 17.0 Å². The fourth-order valence-corrected chi connectivity index (χ4v) is 1.54. The highest BCUT2D eigenvalue weighted by molar-refractivity contribution is 7.80. The van der Waals surface area contributed by atoms with Gasteiger partial charge in [-0.1, -0.05) is 42.9 Å². The molecule has 2 N–H and O–H groups in total. The molecule has 0 bridgehead atoms. The Bertz CT molecular complexity index is 326. The molecule has 0 aliphatic heterocycles. The highest BCUT2D eigenvalue weighted by Crippen LogP contribution is 2.11. The second-order valence-electron chi connectivity index (χ2n) is 3.24. The van der Waals surface area contributed by atoms with Crippen LogP contribution in [0.5, 0.6) is 0 Å². The van der Waals surface area contributed by atoms with Crippen LogP contribution in [0.15, 0.2) is 24.3 Å². The van der Waals surface area contributed by atoms with Crippen LogP contribution < -0.4 is 5.73 Å². The average molecular weight is 244 g/mol. The number of benzene rings is 1. The lowest BCUT2D eigenvalue weighted by molar-refractivity contribution is 0.0829. The van der Waals surface area contributed by atoms with E-state index in [4.69, 9.17) is 34.3 Å². The highest BCUT2D eigenvalue weighted by atomic mass is 35.5. The van der Waals surface area contributed by atoms with Crippen molar-refractivity contribution in [3.8, 4) is 0 Å². The lowest BCUT2D eigenvalue weighted by Gasteiger charge is -2.14. The number of hydrogen-bond acceptors (Lipinski definition) is 2. The molecule has 0 aliphatic carbocycles. The average Bonchev–Trinajstić information content (AvgIpc) is 2.21. The molecular formula is C11H14ClNOS. The van der Waals surface area contributed by atoms with Gasteiger partial charge in [-0.15, -0.1) is 0 Å². The third-order valence-corrected chi connectivity index (χ3v) is 2.57. The summed E-state index contributed by atoms with van der Waals surface area (Å²) in [6.07, 6.45) is 0.652. The Hall–Kier alpha value is -0.640. The molecule has 2 nitrogen and oxygen atoms in total. The number of rotatable bonds is 5. The van der Waals surface area contributed by atoms with Crippen molar-refractivity contribution in [1.82, 2.24) is 0 Å². The van der Waals surface area contributed by atoms with Crippen LogP contribution in [0.4, 0.5) is 0 Å². The van der Waals surface area contributed by atoms with Gasteiger partial charge in [0.15, 0.2) is 0 Å². The lowest BCUT2D eigenvalue weighted by atomic mass is 10.2. The summed E-state index contributed by atoms with van der Waals surface area (Å²) in [5.74, 6) is 0. The summed E-state index contributed by atoms with van der Waals surface area (Å²) in [7, 11) is 0. The van der Waals surface area contributed by atoms with Gasteiger partial charge in [-0.2, -0.15) is 0 Å². The topological polar surface area (TPSA) is 35.2 Å². The lowest BCUT2D eigenvalue weighted by Crippen LogP contribution is -2.28. The molecule has 0 heterocycles. The van der Waals surface area contributed by atoms with Gasteiger partial charge >= 0.3 is 0 Å². The van der Waals surface area contributed by atoms with Gasteiger partial charge in [0.2, 0.25) is 0 Å². The smallest absolute Gasteiger partial charge is 0.107 e. The predicted octanol–water partition coefficient (Wildman–Crippen LogP) is 2.92. The molecule has 1 aromatic rings. The third-order valence-electron chi connectivity index (χ3n) is 2.05. The maximum Gasteiger partial charge on any atom is 0.107 e. The summed E-state index contributed by atoms with van der Waals surface area (Å²) in [5, 5.41) is 0.722. The molecule has 1 atom stereocenters. The third kappa shape index (κ3) is 4.16. The first-order valence-corrected chi connectivity index (χ1v) is 5.57. The summed E-state index contributed by atoms with van der Waals surface area (Å²) in [6.45, 7) is 2.50. The van der Waals surface area contributed by atoms with Crippen molar-refractivity contribution in [2.24, 2.45) is 5.73 Å². The molecule has 0 aromatic heterocycles. The zero-order chi connectivity index (χ0) is 11.3. The van der Waals surface area contributed by atoms with E-state index in [-0.39, 0.29) is 6.10 Å². The zero-order valence-corrected chi connectivity index (χ0v) is 10.1. The molecule has 0 saturated heterocycles. The number of nitrogens with two attached hydrogens (primary N) is 1. The molecule has 0 aliphatic rings. The summed E-state index contributed by atoms with van der Waals surface area (Å²) < 4.78 is 5.57. The molecule has 0 amide bonds. The Kier molecular flexibility index (Phi) is 5.02. The van der Waals surface area contributed by atoms with Crippen LogP contribution in [0.1, 0.15) is 18.9 Å². The first kappa shape index (κ1) is 12.4. The molecule has 1 rings (SSSR count). The Morgan fingerprint density at radius 1 is 1.47 bits per heavy atom. The van der Waals surface area contributed by atoms with Crippen molar-refractivity contribution in [1.29, 1.82) is 0 Å². The SMILES string of the molecule is CCC(OCc1ccc(Cl)cc1)C(N)=S. The van der Waals surface area contributed by atoms with Crippen LogP contribution in [0.3, 0.4) is 0 Å². The molecule has 0 radical (unpaired) electrons. The monoisotopic (exact) mass is 243 g/mol. The van der Waals surface area contributed by atoms with Crippen LogP contribution in [0.25, 0.3) is 0 Å². The Morgan fingerprint density at radius 3 is 2.53 bits per heavy atom. The van der Waals surface area contributed by atoms with Crippen LogP contribution in [0.2, 0.25) is 5.02 Å². The van der Waals surface area contributed by atoms with E-state index in [2.05, 4.69) is 0 Å². The number of ether oxygens (including phenoxy) is 1. The molecule has 82 valence electrons. The molecule has 0 saturated carbocycles. The Labute approximate surface area is 100 Å². The van der Waals surface area contributed by atoms with E-state index in [1.165, 1.54) is 0 Å². The Balaban J connectivity index is 2.49. The largest absolute Gasteiger partial charge is 0.391 e. The van der Waals surface area contributed by atoms with Gasteiger partial charge in [0, 0.05) is 5.02 Å². The predicted molar refractivity (Wildman–Crippen MR) is 67.1 cm³/mol. The highest BCUT2D eigenvalue weighted by Gasteiger charge is 2.09. The second kappa shape index (κ2) is 6.05. The summed E-state index contributed by atoms with van der Waals surface area (Å²) in [6, 6.07) is 7.52. The van der Waals surface area contributed by atoms with E-state index in [9.17, 15) is 0 Å². The van der Waals surface area contributed by atoms with Crippen molar-refractivity contribution >= 4 is 28.8 Å². The first-order chi connectivity index (χ1) is 7.13. The van der Waals surface area contributed by atoms with Crippen molar-refractivity contribution in [3.63, 3.8) is 0 Å². The van der Waals surface area contributed by atoms with Crippen molar-refractivity contribution in [2.45, 2.75) is 26.1 Å². The fourth-order valence-electron chi connectivity index (χ4n) is 1.18. The van der Waals surface area contributed by atoms with Gasteiger partial charge in [0.1, 0.15) is 11.1 Å². The van der Waals surface area contributed by atoms with Gasteiger partial charge in [-0.25, -0.2) is 0 Å². The minimum absolute atomic E-state index is 0.143. The number of thiocarbonyl (C=S) groups is 1. The van der Waals surface area contributed by atoms with E-state index in [0.29, 0.717) is 11.6 Å². The standard InChI is InChI=1S/C11H14ClNOS/c1-2-10(11(13)15)14-7-8-3-5-9(12)6-4-8/h3-6,10H,2,7H2,1H3,(H2,13,15). The van der Waals surface area contributed by atoms with E-state index < -0.39 is 0 Å². The molecular weight excluding hydrogens is 230 g/mol. The van der Waals surface area contributed by atoms with Gasteiger partial charge in [0.05, 0.1) is 6.61 Å². The van der Waals surface area contributed by atoms with Crippen LogP contribution in [-0.4, -0.2) is 11.1 Å². The number of halogens is 1. The van der Waals surface area contributed by atoms with E-state index in [1.54, 1.807) is 0 Å². The minimum Gasteiger partial charge on any atom is -0.391 e. The molecule has 1 unspecified atom stereocenters. The van der Waals surface area contributed by atoms with Crippen LogP contribution in [0, 0.1) is 0 Å². The van der Waals surface area contributed by atoms with E-state index >= 15 is 0 Å². The maximum absolute atomic E-state index is 5.77. The quantitative estimate of drug-likeness (QED) is 0.808. The zero-order valence-electron chi connectivity index (χ0n) is 8.57. The van der Waals surface area contributed by atoms with Crippen molar-refractivity contribution in [2.75, 3.05) is 0 Å². The van der Waals surface area contributed by atoms with Gasteiger partial charge in [-0.3, -0.25) is 0 Å². The molecule has 0 fully saturated rings. The molecule has 1 aromatic carbocycles. The fraction of sp³-hybridized carbons (Fsp3) is 0.364. The van der Waals surface area contributed by atoms with Crippen molar-refractivity contribution in [3.05, 3.63) is 34.9 Å². The summed E-state index contributed by atoms with van der Waals surface area (Å²) in [5.41, 5.74) is 6.58. The van der Waals surface area contributed by atoms with Gasteiger partial charge in [-0.05, 0) is 24.1 Å². The first-order valence-electron chi connectivity index (χ1n) is 4.79. The van der Waals surface area contributed by atoms with E-state index in [1.807, 2.05) is 31.2 Å². The number of hydrogen-bond donors (Lipinski definition) is 1. The molecule has 0 spiro atoms.